The van der Waals surface area contributed by atoms with Gasteiger partial charge in [0.1, 0.15) is 5.82 Å². The molecule has 4 heteroatoms. The second-order valence-corrected chi connectivity index (χ2v) is 4.49. The molecule has 1 N–H and O–H groups in total. The lowest BCUT2D eigenvalue weighted by Gasteiger charge is -2.09. The number of pyridine rings is 1. The number of nitrogens with zero attached hydrogens (tertiary/aromatic N) is 1. The number of hydrogen-bond acceptors (Lipinski definition) is 2. The Hall–Kier alpha value is -1.42. The van der Waals surface area contributed by atoms with E-state index in [2.05, 4.69) is 26.2 Å². The van der Waals surface area contributed by atoms with Crippen molar-refractivity contribution >= 4 is 21.6 Å². The summed E-state index contributed by atoms with van der Waals surface area (Å²) in [6.07, 6.45) is 4.37. The molecule has 88 valence electrons. The van der Waals surface area contributed by atoms with E-state index in [1.807, 2.05) is 24.4 Å². The maximum Gasteiger partial charge on any atom is 0.147 e. The van der Waals surface area contributed by atoms with E-state index in [1.54, 1.807) is 12.3 Å². The lowest BCUT2D eigenvalue weighted by atomic mass is 10.2. The zero-order chi connectivity index (χ0) is 12.1. The Morgan fingerprint density at radius 2 is 2.12 bits per heavy atom. The van der Waals surface area contributed by atoms with Gasteiger partial charge in [-0.2, -0.15) is 0 Å². The summed E-state index contributed by atoms with van der Waals surface area (Å²) in [7, 11) is 0. The first kappa shape index (κ1) is 12.0. The molecule has 0 spiro atoms. The fourth-order valence-corrected chi connectivity index (χ4v) is 2.03. The fraction of sp³-hybridized carbons (Fsp3) is 0.154. The van der Waals surface area contributed by atoms with Crippen LogP contribution in [0.5, 0.6) is 0 Å². The van der Waals surface area contributed by atoms with Crippen molar-refractivity contribution < 1.29 is 4.39 Å². The highest BCUT2D eigenvalue weighted by atomic mass is 79.9. The first-order chi connectivity index (χ1) is 8.27. The number of benzene rings is 1. The molecule has 0 fully saturated rings. The Morgan fingerprint density at radius 1 is 1.24 bits per heavy atom. The van der Waals surface area contributed by atoms with E-state index in [0.29, 0.717) is 12.2 Å². The molecule has 1 aromatic carbocycles. The molecule has 0 aliphatic rings. The lowest BCUT2D eigenvalue weighted by Crippen LogP contribution is -2.07. The van der Waals surface area contributed by atoms with Crippen molar-refractivity contribution in [2.75, 3.05) is 11.9 Å². The first-order valence-corrected chi connectivity index (χ1v) is 6.13. The van der Waals surface area contributed by atoms with E-state index >= 15 is 0 Å². The van der Waals surface area contributed by atoms with Gasteiger partial charge in [-0.25, -0.2) is 4.39 Å². The summed E-state index contributed by atoms with van der Waals surface area (Å²) in [6.45, 7) is 0.672. The second-order valence-electron chi connectivity index (χ2n) is 3.63. The molecular formula is C13H12BrFN2. The van der Waals surface area contributed by atoms with E-state index in [9.17, 15) is 4.39 Å². The van der Waals surface area contributed by atoms with Crippen LogP contribution in [-0.4, -0.2) is 11.5 Å². The van der Waals surface area contributed by atoms with Gasteiger partial charge in [0.15, 0.2) is 0 Å². The standard InChI is InChI=1S/C13H12BrFN2/c14-11-4-1-5-12(15)13(11)17-8-6-10-3-2-7-16-9-10/h1-5,7,9,17H,6,8H2. The van der Waals surface area contributed by atoms with Gasteiger partial charge in [0, 0.05) is 23.4 Å². The molecule has 0 atom stereocenters. The fourth-order valence-electron chi connectivity index (χ4n) is 1.54. The molecule has 0 saturated carbocycles. The van der Waals surface area contributed by atoms with Crippen LogP contribution < -0.4 is 5.32 Å². The van der Waals surface area contributed by atoms with E-state index in [1.165, 1.54) is 6.07 Å². The topological polar surface area (TPSA) is 24.9 Å². The maximum atomic E-state index is 13.5. The zero-order valence-electron chi connectivity index (χ0n) is 9.16. The second kappa shape index (κ2) is 5.77. The van der Waals surface area contributed by atoms with Crippen molar-refractivity contribution in [2.24, 2.45) is 0 Å². The maximum absolute atomic E-state index is 13.5. The van der Waals surface area contributed by atoms with Gasteiger partial charge in [-0.1, -0.05) is 12.1 Å². The highest BCUT2D eigenvalue weighted by Crippen LogP contribution is 2.24. The van der Waals surface area contributed by atoms with Crippen LogP contribution in [0.25, 0.3) is 0 Å². The van der Waals surface area contributed by atoms with Crippen molar-refractivity contribution in [3.05, 3.63) is 58.6 Å². The molecule has 0 saturated heterocycles. The SMILES string of the molecule is Fc1cccc(Br)c1NCCc1cccnc1. The van der Waals surface area contributed by atoms with Gasteiger partial charge in [-0.05, 0) is 46.1 Å². The molecule has 0 aliphatic heterocycles. The van der Waals surface area contributed by atoms with Crippen LogP contribution in [0.4, 0.5) is 10.1 Å². The van der Waals surface area contributed by atoms with Crippen LogP contribution in [-0.2, 0) is 6.42 Å². The largest absolute Gasteiger partial charge is 0.381 e. The molecule has 0 aliphatic carbocycles. The van der Waals surface area contributed by atoms with Crippen molar-refractivity contribution in [2.45, 2.75) is 6.42 Å². The lowest BCUT2D eigenvalue weighted by molar-refractivity contribution is 0.629. The average Bonchev–Trinajstić information content (AvgIpc) is 2.34. The van der Waals surface area contributed by atoms with Gasteiger partial charge in [0.2, 0.25) is 0 Å². The number of rotatable bonds is 4. The van der Waals surface area contributed by atoms with Gasteiger partial charge in [0.05, 0.1) is 5.69 Å². The van der Waals surface area contributed by atoms with E-state index in [-0.39, 0.29) is 5.82 Å². The average molecular weight is 295 g/mol. The molecular weight excluding hydrogens is 283 g/mol. The molecule has 17 heavy (non-hydrogen) atoms. The number of para-hydroxylation sites is 1. The van der Waals surface area contributed by atoms with Crippen molar-refractivity contribution in [3.63, 3.8) is 0 Å². The quantitative estimate of drug-likeness (QED) is 0.931. The van der Waals surface area contributed by atoms with Crippen LogP contribution in [0.2, 0.25) is 0 Å². The first-order valence-electron chi connectivity index (χ1n) is 5.34. The highest BCUT2D eigenvalue weighted by Gasteiger charge is 2.04. The highest BCUT2D eigenvalue weighted by molar-refractivity contribution is 9.10. The summed E-state index contributed by atoms with van der Waals surface area (Å²) >= 11 is 3.32. The summed E-state index contributed by atoms with van der Waals surface area (Å²) in [5.41, 5.74) is 1.64. The minimum Gasteiger partial charge on any atom is -0.381 e. The van der Waals surface area contributed by atoms with Gasteiger partial charge in [-0.15, -0.1) is 0 Å². The Morgan fingerprint density at radius 3 is 2.82 bits per heavy atom. The third-order valence-electron chi connectivity index (χ3n) is 2.40. The Kier molecular flexibility index (Phi) is 4.09. The molecule has 2 nitrogen and oxygen atoms in total. The summed E-state index contributed by atoms with van der Waals surface area (Å²) < 4.78 is 14.2. The smallest absolute Gasteiger partial charge is 0.147 e. The zero-order valence-corrected chi connectivity index (χ0v) is 10.7. The van der Waals surface area contributed by atoms with Crippen LogP contribution >= 0.6 is 15.9 Å². The Balaban J connectivity index is 1.95. The molecule has 1 aromatic heterocycles. The number of nitrogens with one attached hydrogen (secondary N) is 1. The minimum atomic E-state index is -0.245. The predicted molar refractivity (Wildman–Crippen MR) is 70.5 cm³/mol. The summed E-state index contributed by atoms with van der Waals surface area (Å²) in [5, 5.41) is 3.08. The molecule has 2 rings (SSSR count). The molecule has 1 heterocycles. The molecule has 2 aromatic rings. The third kappa shape index (κ3) is 3.27. The number of aromatic nitrogens is 1. The van der Waals surface area contributed by atoms with Crippen molar-refractivity contribution in [1.29, 1.82) is 0 Å². The van der Waals surface area contributed by atoms with Crippen LogP contribution in [0, 0.1) is 5.82 Å². The van der Waals surface area contributed by atoms with Gasteiger partial charge in [-0.3, -0.25) is 4.98 Å². The molecule has 0 bridgehead atoms. The molecule has 0 radical (unpaired) electrons. The van der Waals surface area contributed by atoms with Crippen LogP contribution in [0.1, 0.15) is 5.56 Å². The van der Waals surface area contributed by atoms with E-state index < -0.39 is 0 Å². The normalized spacial score (nSPS) is 10.2. The number of anilines is 1. The summed E-state index contributed by atoms with van der Waals surface area (Å²) in [5.74, 6) is -0.245. The Labute approximate surface area is 108 Å². The van der Waals surface area contributed by atoms with Crippen LogP contribution in [0.15, 0.2) is 47.2 Å². The number of hydrogen-bond donors (Lipinski definition) is 1. The Bertz CT molecular complexity index is 468. The van der Waals surface area contributed by atoms with Gasteiger partial charge >= 0.3 is 0 Å². The molecule has 0 unspecified atom stereocenters. The summed E-state index contributed by atoms with van der Waals surface area (Å²) in [4.78, 5) is 4.03. The predicted octanol–water partition coefficient (Wildman–Crippen LogP) is 3.64. The van der Waals surface area contributed by atoms with Gasteiger partial charge in [0.25, 0.3) is 0 Å². The van der Waals surface area contributed by atoms with Crippen molar-refractivity contribution in [3.8, 4) is 0 Å². The third-order valence-corrected chi connectivity index (χ3v) is 3.06. The van der Waals surface area contributed by atoms with Gasteiger partial charge < -0.3 is 5.32 Å². The molecule has 0 amide bonds. The van der Waals surface area contributed by atoms with E-state index in [0.717, 1.165) is 16.5 Å². The monoisotopic (exact) mass is 294 g/mol. The van der Waals surface area contributed by atoms with E-state index in [4.69, 9.17) is 0 Å². The summed E-state index contributed by atoms with van der Waals surface area (Å²) in [6, 6.07) is 8.83. The minimum absolute atomic E-state index is 0.245. The number of halogens is 2. The van der Waals surface area contributed by atoms with Crippen LogP contribution in [0.3, 0.4) is 0 Å². The van der Waals surface area contributed by atoms with Crippen molar-refractivity contribution in [1.82, 2.24) is 4.98 Å².